The Morgan fingerprint density at radius 1 is 0.280 bits per heavy atom. The second-order valence-electron chi connectivity index (χ2n) is 22.1. The van der Waals surface area contributed by atoms with Gasteiger partial charge in [-0.3, -0.25) is 0 Å². The zero-order valence-electron chi connectivity index (χ0n) is 44.6. The molecule has 0 aliphatic heterocycles. The fraction of sp³-hybridized carbons (Fsp3) is 0.286. The second kappa shape index (κ2) is 20.9. The number of rotatable bonds is 12. The normalized spacial score (nSPS) is 14.2. The van der Waals surface area contributed by atoms with E-state index < -0.39 is 51.5 Å². The van der Waals surface area contributed by atoms with Gasteiger partial charge >= 0.3 is 18.5 Å². The molecule has 0 aliphatic carbocycles. The van der Waals surface area contributed by atoms with Crippen LogP contribution in [-0.2, 0) is 30.5 Å². The van der Waals surface area contributed by atoms with Crippen molar-refractivity contribution in [1.29, 1.82) is 0 Å². The molecule has 3 unspecified atom stereocenters. The van der Waals surface area contributed by atoms with Crippen molar-refractivity contribution < 1.29 is 58.1 Å². The molecule has 0 fully saturated rings. The molecule has 0 aromatic heterocycles. The lowest BCUT2D eigenvalue weighted by Crippen LogP contribution is -2.32. The zero-order chi connectivity index (χ0) is 54.7. The molecule has 0 saturated heterocycles. The first kappa shape index (κ1) is 54.5. The minimum atomic E-state index is -1.01. The first-order valence-electron chi connectivity index (χ1n) is 24.6. The average Bonchev–Trinajstić information content (AvgIpc) is 3.33. The number of hydrogen-bond donors (Lipinski definition) is 3. The number of carbonyl (C=O) groups is 3. The molecule has 0 saturated carbocycles. The van der Waals surface area contributed by atoms with Gasteiger partial charge in [0, 0.05) is 16.2 Å². The van der Waals surface area contributed by atoms with E-state index in [0.717, 1.165) is 50.1 Å². The molecule has 390 valence electrons. The Morgan fingerprint density at radius 3 is 0.627 bits per heavy atom. The van der Waals surface area contributed by atoms with E-state index in [1.54, 1.807) is 135 Å². The average molecular weight is 1020 g/mol. The molecule has 12 heteroatoms. The third kappa shape index (κ3) is 12.8. The SMILES string of the molecule is CC(C)(C)OC(=O)Oc1ccc(C(C)(c2ccc(O)cc2)c2cc(C(C)(c3ccc(O)cc3)c3ccc(OC(=O)OC(C)(C)C)cc3)cc(C(C)(c3ccc(O)cc3)c3ccc(OC(=O)OC(C)(C)C)cc3)c2)cc1. The maximum absolute atomic E-state index is 12.8. The monoisotopic (exact) mass is 1010 g/mol. The van der Waals surface area contributed by atoms with Gasteiger partial charge in [0.05, 0.1) is 0 Å². The van der Waals surface area contributed by atoms with Crippen LogP contribution < -0.4 is 14.2 Å². The smallest absolute Gasteiger partial charge is 0.508 e. The molecule has 75 heavy (non-hydrogen) atoms. The molecule has 0 bridgehead atoms. The maximum atomic E-state index is 12.8. The Bertz CT molecular complexity index is 2770. The second-order valence-corrected chi connectivity index (χ2v) is 22.1. The quantitative estimate of drug-likeness (QED) is 0.0459. The van der Waals surface area contributed by atoms with Crippen LogP contribution in [0.15, 0.2) is 164 Å². The van der Waals surface area contributed by atoms with Crippen molar-refractivity contribution in [1.82, 2.24) is 0 Å². The van der Waals surface area contributed by atoms with Crippen LogP contribution in [0.2, 0.25) is 0 Å². The molecule has 0 aliphatic rings. The van der Waals surface area contributed by atoms with Crippen LogP contribution in [0.3, 0.4) is 0 Å². The molecule has 0 spiro atoms. The van der Waals surface area contributed by atoms with E-state index >= 15 is 0 Å². The highest BCUT2D eigenvalue weighted by Gasteiger charge is 2.40. The number of phenols is 3. The number of carbonyl (C=O) groups excluding carboxylic acids is 3. The first-order valence-corrected chi connectivity index (χ1v) is 24.6. The van der Waals surface area contributed by atoms with E-state index in [9.17, 15) is 29.7 Å². The van der Waals surface area contributed by atoms with E-state index in [-0.39, 0.29) is 34.5 Å². The molecule has 12 nitrogen and oxygen atoms in total. The molecular formula is C63H66O12. The fourth-order valence-corrected chi connectivity index (χ4v) is 9.05. The molecule has 7 rings (SSSR count). The summed E-state index contributed by atoms with van der Waals surface area (Å²) in [4.78, 5) is 38.5. The lowest BCUT2D eigenvalue weighted by atomic mass is 9.63. The Labute approximate surface area is 439 Å². The first-order chi connectivity index (χ1) is 35.0. The van der Waals surface area contributed by atoms with Crippen molar-refractivity contribution in [3.63, 3.8) is 0 Å². The summed E-state index contributed by atoms with van der Waals surface area (Å²) in [6.07, 6.45) is -2.53. The van der Waals surface area contributed by atoms with Gasteiger partial charge in [-0.25, -0.2) is 14.4 Å². The molecular weight excluding hydrogens is 949 g/mol. The number of ether oxygens (including phenoxy) is 6. The summed E-state index contributed by atoms with van der Waals surface area (Å²) in [5.41, 5.74) is 1.94. The summed E-state index contributed by atoms with van der Waals surface area (Å²) in [6, 6.07) is 49.2. The van der Waals surface area contributed by atoms with Crippen molar-refractivity contribution in [2.45, 2.75) is 116 Å². The third-order valence-corrected chi connectivity index (χ3v) is 13.1. The van der Waals surface area contributed by atoms with Gasteiger partial charge in [0.2, 0.25) is 0 Å². The summed E-state index contributed by atoms with van der Waals surface area (Å²) in [5.74, 6) is 1.05. The lowest BCUT2D eigenvalue weighted by Gasteiger charge is -2.39. The van der Waals surface area contributed by atoms with Gasteiger partial charge in [-0.15, -0.1) is 0 Å². The van der Waals surface area contributed by atoms with Crippen LogP contribution in [0.4, 0.5) is 14.4 Å². The molecule has 0 heterocycles. The molecule has 0 radical (unpaired) electrons. The van der Waals surface area contributed by atoms with E-state index in [1.807, 2.05) is 72.8 Å². The van der Waals surface area contributed by atoms with Gasteiger partial charge in [-0.05, 0) is 206 Å². The van der Waals surface area contributed by atoms with Gasteiger partial charge in [0.1, 0.15) is 51.3 Å². The summed E-state index contributed by atoms with van der Waals surface area (Å²) in [5, 5.41) is 32.0. The lowest BCUT2D eigenvalue weighted by molar-refractivity contribution is 0.0193. The molecule has 7 aromatic carbocycles. The maximum Gasteiger partial charge on any atom is 0.514 e. The molecule has 3 N–H and O–H groups in total. The predicted molar refractivity (Wildman–Crippen MR) is 287 cm³/mol. The minimum absolute atomic E-state index is 0.0784. The van der Waals surface area contributed by atoms with Crippen LogP contribution >= 0.6 is 0 Å². The van der Waals surface area contributed by atoms with E-state index in [0.29, 0.717) is 0 Å². The summed E-state index contributed by atoms with van der Waals surface area (Å²) in [6.45, 7) is 22.1. The molecule has 0 amide bonds. The van der Waals surface area contributed by atoms with Gasteiger partial charge in [0.15, 0.2) is 0 Å². The van der Waals surface area contributed by atoms with Crippen molar-refractivity contribution >= 4 is 18.5 Å². The fourth-order valence-electron chi connectivity index (χ4n) is 9.05. The molecule has 3 atom stereocenters. The third-order valence-electron chi connectivity index (χ3n) is 13.1. The van der Waals surface area contributed by atoms with Gasteiger partial charge in [-0.2, -0.15) is 0 Å². The predicted octanol–water partition coefficient (Wildman–Crippen LogP) is 14.8. The highest BCUT2D eigenvalue weighted by atomic mass is 16.7. The zero-order valence-corrected chi connectivity index (χ0v) is 44.6. The standard InChI is InChI=1S/C63H66O12/c1-58(2,3)73-55(67)70-52-31-19-43(20-32-52)61(10,40-13-25-49(64)26-14-40)46-37-47(62(11,41-15-27-50(65)28-16-41)44-21-33-53(34-22-44)71-56(68)74-59(4,5)6)39-48(38-46)63(12,42-17-29-51(66)30-18-42)45-23-35-54(36-24-45)72-57(69)75-60(7,8)9/h13-39,64-66H,1-12H3. The van der Waals surface area contributed by atoms with Crippen molar-refractivity contribution in [3.05, 3.63) is 214 Å². The van der Waals surface area contributed by atoms with Gasteiger partial charge < -0.3 is 43.7 Å². The van der Waals surface area contributed by atoms with Gasteiger partial charge in [-0.1, -0.05) is 91.0 Å². The van der Waals surface area contributed by atoms with Crippen LogP contribution in [-0.4, -0.2) is 50.6 Å². The largest absolute Gasteiger partial charge is 0.514 e. The molecule has 7 aromatic rings. The number of phenolic OH excluding ortho intramolecular Hbond substituents is 3. The van der Waals surface area contributed by atoms with Crippen LogP contribution in [0.1, 0.15) is 133 Å². The van der Waals surface area contributed by atoms with Crippen LogP contribution in [0.5, 0.6) is 34.5 Å². The van der Waals surface area contributed by atoms with Gasteiger partial charge in [0.25, 0.3) is 0 Å². The Kier molecular flexibility index (Phi) is 15.2. The highest BCUT2D eigenvalue weighted by molar-refractivity contribution is 5.67. The van der Waals surface area contributed by atoms with Crippen LogP contribution in [0, 0.1) is 0 Å². The Balaban J connectivity index is 1.53. The highest BCUT2D eigenvalue weighted by Crippen LogP contribution is 2.49. The van der Waals surface area contributed by atoms with Crippen molar-refractivity contribution in [2.75, 3.05) is 0 Å². The minimum Gasteiger partial charge on any atom is -0.508 e. The number of hydrogen-bond acceptors (Lipinski definition) is 12. The van der Waals surface area contributed by atoms with E-state index in [2.05, 4.69) is 39.0 Å². The number of aromatic hydroxyl groups is 3. The topological polar surface area (TPSA) is 167 Å². The van der Waals surface area contributed by atoms with Crippen molar-refractivity contribution in [3.8, 4) is 34.5 Å². The van der Waals surface area contributed by atoms with Crippen LogP contribution in [0.25, 0.3) is 0 Å². The summed E-state index contributed by atoms with van der Waals surface area (Å²) < 4.78 is 33.2. The van der Waals surface area contributed by atoms with Crippen molar-refractivity contribution in [2.24, 2.45) is 0 Å². The Morgan fingerprint density at radius 2 is 0.453 bits per heavy atom. The number of benzene rings is 7. The van der Waals surface area contributed by atoms with E-state index in [1.165, 1.54) is 0 Å². The summed E-state index contributed by atoms with van der Waals surface area (Å²) >= 11 is 0. The summed E-state index contributed by atoms with van der Waals surface area (Å²) in [7, 11) is 0. The van der Waals surface area contributed by atoms with E-state index in [4.69, 9.17) is 28.4 Å². The Hall–Kier alpha value is -8.25.